The SMILES string of the molecule is Cc1cc(NC(=O)c2ccccc2Cl)sc1C(=O)Nc1ccccc1C(=O)N1CCCCC1. The van der Waals surface area contributed by atoms with Crippen LogP contribution in [-0.2, 0) is 0 Å². The van der Waals surface area contributed by atoms with Gasteiger partial charge in [0.1, 0.15) is 0 Å². The molecule has 1 aliphatic rings. The third-order valence-electron chi connectivity index (χ3n) is 5.53. The first kappa shape index (κ1) is 23.0. The fraction of sp³-hybridized carbons (Fsp3) is 0.240. The van der Waals surface area contributed by atoms with E-state index in [0.29, 0.717) is 31.7 Å². The van der Waals surface area contributed by atoms with E-state index in [1.165, 1.54) is 11.3 Å². The largest absolute Gasteiger partial charge is 0.339 e. The standard InChI is InChI=1S/C25H24ClN3O3S/c1-16-15-21(28-23(30)17-9-3-5-11-19(17)26)33-22(16)24(31)27-20-12-6-4-10-18(20)25(32)29-13-7-2-8-14-29/h3-6,9-12,15H,2,7-8,13-14H2,1H3,(H,27,31)(H,28,30). The number of halogens is 1. The second kappa shape index (κ2) is 10.2. The molecular weight excluding hydrogens is 458 g/mol. The molecule has 2 aromatic carbocycles. The molecule has 4 rings (SSSR count). The molecule has 1 aromatic heterocycles. The zero-order valence-electron chi connectivity index (χ0n) is 18.2. The molecule has 1 aliphatic heterocycles. The lowest BCUT2D eigenvalue weighted by Gasteiger charge is -2.27. The number of carbonyl (C=O) groups excluding carboxylic acids is 3. The number of anilines is 2. The Hall–Kier alpha value is -3.16. The molecule has 6 nitrogen and oxygen atoms in total. The van der Waals surface area contributed by atoms with Gasteiger partial charge in [-0.2, -0.15) is 0 Å². The third-order valence-corrected chi connectivity index (χ3v) is 7.01. The smallest absolute Gasteiger partial charge is 0.266 e. The lowest BCUT2D eigenvalue weighted by atomic mass is 10.1. The summed E-state index contributed by atoms with van der Waals surface area (Å²) in [5, 5.41) is 6.59. The maximum absolute atomic E-state index is 13.0. The molecule has 2 N–H and O–H groups in total. The van der Waals surface area contributed by atoms with Crippen LogP contribution in [0.4, 0.5) is 10.7 Å². The van der Waals surface area contributed by atoms with E-state index in [1.807, 2.05) is 4.90 Å². The van der Waals surface area contributed by atoms with Gasteiger partial charge in [0.05, 0.1) is 31.7 Å². The van der Waals surface area contributed by atoms with Crippen LogP contribution in [0.2, 0.25) is 5.02 Å². The highest BCUT2D eigenvalue weighted by atomic mass is 35.5. The number of piperidine rings is 1. The van der Waals surface area contributed by atoms with Crippen LogP contribution < -0.4 is 10.6 Å². The molecule has 170 valence electrons. The normalized spacial score (nSPS) is 13.5. The Labute approximate surface area is 201 Å². The van der Waals surface area contributed by atoms with Crippen molar-refractivity contribution in [2.45, 2.75) is 26.2 Å². The van der Waals surface area contributed by atoms with Gasteiger partial charge < -0.3 is 15.5 Å². The molecule has 0 bridgehead atoms. The van der Waals surface area contributed by atoms with Crippen LogP contribution in [0.25, 0.3) is 0 Å². The molecule has 1 fully saturated rings. The quantitative estimate of drug-likeness (QED) is 0.480. The van der Waals surface area contributed by atoms with Crippen LogP contribution in [0, 0.1) is 6.92 Å². The summed E-state index contributed by atoms with van der Waals surface area (Å²) in [5.74, 6) is -0.734. The summed E-state index contributed by atoms with van der Waals surface area (Å²) in [7, 11) is 0. The molecule has 0 atom stereocenters. The lowest BCUT2D eigenvalue weighted by molar-refractivity contribution is 0.0725. The van der Waals surface area contributed by atoms with E-state index >= 15 is 0 Å². The number of nitrogens with zero attached hydrogens (tertiary/aromatic N) is 1. The minimum absolute atomic E-state index is 0.0683. The molecule has 1 saturated heterocycles. The highest BCUT2D eigenvalue weighted by Crippen LogP contribution is 2.29. The Balaban J connectivity index is 1.50. The second-order valence-electron chi connectivity index (χ2n) is 7.91. The molecule has 3 aromatic rings. The van der Waals surface area contributed by atoms with E-state index in [9.17, 15) is 14.4 Å². The van der Waals surface area contributed by atoms with Crippen molar-refractivity contribution in [1.82, 2.24) is 4.90 Å². The molecule has 0 radical (unpaired) electrons. The van der Waals surface area contributed by atoms with Crippen molar-refractivity contribution in [2.24, 2.45) is 0 Å². The van der Waals surface area contributed by atoms with Crippen LogP contribution in [0.5, 0.6) is 0 Å². The number of nitrogens with one attached hydrogen (secondary N) is 2. The van der Waals surface area contributed by atoms with Crippen molar-refractivity contribution < 1.29 is 14.4 Å². The first-order chi connectivity index (χ1) is 15.9. The van der Waals surface area contributed by atoms with Gasteiger partial charge in [0.15, 0.2) is 0 Å². The Morgan fingerprint density at radius 2 is 1.55 bits per heavy atom. The topological polar surface area (TPSA) is 78.5 Å². The molecular formula is C25H24ClN3O3S. The number of benzene rings is 2. The van der Waals surface area contributed by atoms with E-state index in [-0.39, 0.29) is 17.7 Å². The summed E-state index contributed by atoms with van der Waals surface area (Å²) >= 11 is 7.28. The van der Waals surface area contributed by atoms with Crippen molar-refractivity contribution in [1.29, 1.82) is 0 Å². The van der Waals surface area contributed by atoms with Gasteiger partial charge >= 0.3 is 0 Å². The molecule has 0 spiro atoms. The van der Waals surface area contributed by atoms with Gasteiger partial charge in [0.2, 0.25) is 0 Å². The average Bonchev–Trinajstić information content (AvgIpc) is 3.19. The number of hydrogen-bond donors (Lipinski definition) is 2. The Morgan fingerprint density at radius 3 is 2.27 bits per heavy atom. The van der Waals surface area contributed by atoms with Crippen molar-refractivity contribution >= 4 is 51.3 Å². The number of likely N-dealkylation sites (tertiary alicyclic amines) is 1. The summed E-state index contributed by atoms with van der Waals surface area (Å²) in [4.78, 5) is 40.9. The highest BCUT2D eigenvalue weighted by molar-refractivity contribution is 7.18. The number of para-hydroxylation sites is 1. The van der Waals surface area contributed by atoms with Crippen LogP contribution in [0.15, 0.2) is 54.6 Å². The molecule has 33 heavy (non-hydrogen) atoms. The zero-order valence-corrected chi connectivity index (χ0v) is 19.8. The van der Waals surface area contributed by atoms with Crippen LogP contribution in [0.1, 0.15) is 55.2 Å². The van der Waals surface area contributed by atoms with E-state index in [4.69, 9.17) is 11.6 Å². The van der Waals surface area contributed by atoms with E-state index in [2.05, 4.69) is 10.6 Å². The number of thiophene rings is 1. The Morgan fingerprint density at radius 1 is 0.879 bits per heavy atom. The Kier molecular flexibility index (Phi) is 7.11. The first-order valence-corrected chi connectivity index (χ1v) is 12.0. The van der Waals surface area contributed by atoms with Gasteiger partial charge in [-0.1, -0.05) is 35.9 Å². The van der Waals surface area contributed by atoms with Crippen molar-refractivity contribution in [3.63, 3.8) is 0 Å². The fourth-order valence-electron chi connectivity index (χ4n) is 3.82. The maximum Gasteiger partial charge on any atom is 0.266 e. The summed E-state index contributed by atoms with van der Waals surface area (Å²) in [6, 6.07) is 15.6. The van der Waals surface area contributed by atoms with Crippen LogP contribution in [-0.4, -0.2) is 35.7 Å². The summed E-state index contributed by atoms with van der Waals surface area (Å²) < 4.78 is 0. The highest BCUT2D eigenvalue weighted by Gasteiger charge is 2.23. The molecule has 2 heterocycles. The van der Waals surface area contributed by atoms with Crippen LogP contribution >= 0.6 is 22.9 Å². The van der Waals surface area contributed by atoms with E-state index in [0.717, 1.165) is 37.9 Å². The van der Waals surface area contributed by atoms with E-state index < -0.39 is 0 Å². The van der Waals surface area contributed by atoms with Gasteiger partial charge in [-0.25, -0.2) is 0 Å². The van der Waals surface area contributed by atoms with Gasteiger partial charge in [0, 0.05) is 13.1 Å². The van der Waals surface area contributed by atoms with Crippen molar-refractivity contribution in [3.8, 4) is 0 Å². The predicted molar refractivity (Wildman–Crippen MR) is 133 cm³/mol. The van der Waals surface area contributed by atoms with Crippen LogP contribution in [0.3, 0.4) is 0 Å². The zero-order chi connectivity index (χ0) is 23.4. The number of carbonyl (C=O) groups is 3. The minimum atomic E-state index is -0.341. The number of hydrogen-bond acceptors (Lipinski definition) is 4. The average molecular weight is 482 g/mol. The summed E-state index contributed by atoms with van der Waals surface area (Å²) in [6.45, 7) is 3.28. The Bertz CT molecular complexity index is 1200. The molecule has 3 amide bonds. The monoisotopic (exact) mass is 481 g/mol. The third kappa shape index (κ3) is 5.26. The molecule has 0 aliphatic carbocycles. The molecule has 8 heteroatoms. The summed E-state index contributed by atoms with van der Waals surface area (Å²) in [6.07, 6.45) is 3.13. The number of rotatable bonds is 5. The summed E-state index contributed by atoms with van der Waals surface area (Å²) in [5.41, 5.74) is 2.05. The maximum atomic E-state index is 13.0. The fourth-order valence-corrected chi connectivity index (χ4v) is 5.00. The van der Waals surface area contributed by atoms with Gasteiger partial charge in [-0.3, -0.25) is 14.4 Å². The van der Waals surface area contributed by atoms with Gasteiger partial charge in [-0.15, -0.1) is 11.3 Å². The first-order valence-electron chi connectivity index (χ1n) is 10.8. The molecule has 0 unspecified atom stereocenters. The van der Waals surface area contributed by atoms with Crippen molar-refractivity contribution in [2.75, 3.05) is 23.7 Å². The number of amides is 3. The van der Waals surface area contributed by atoms with Gasteiger partial charge in [0.25, 0.3) is 17.7 Å². The second-order valence-corrected chi connectivity index (χ2v) is 9.37. The predicted octanol–water partition coefficient (Wildman–Crippen LogP) is 5.84. The lowest BCUT2D eigenvalue weighted by Crippen LogP contribution is -2.36. The number of aryl methyl sites for hydroxylation is 1. The van der Waals surface area contributed by atoms with E-state index in [1.54, 1.807) is 61.5 Å². The minimum Gasteiger partial charge on any atom is -0.339 e. The molecule has 0 saturated carbocycles. The van der Waals surface area contributed by atoms with Crippen molar-refractivity contribution in [3.05, 3.63) is 81.2 Å². The van der Waals surface area contributed by atoms with Gasteiger partial charge in [-0.05, 0) is 62.1 Å².